The number of hydrogen-bond donors (Lipinski definition) is 3. The zero-order valence-corrected chi connectivity index (χ0v) is 17.9. The first-order valence-electron chi connectivity index (χ1n) is 10.8. The molecule has 1 saturated heterocycles. The summed E-state index contributed by atoms with van der Waals surface area (Å²) in [6, 6.07) is 8.07. The molecule has 10 heteroatoms. The van der Waals surface area contributed by atoms with Crippen LogP contribution in [0, 0.1) is 0 Å². The zero-order chi connectivity index (χ0) is 23.4. The van der Waals surface area contributed by atoms with E-state index in [1.54, 1.807) is 18.2 Å². The minimum absolute atomic E-state index is 0.217. The number of carbonyl (C=O) groups is 1. The van der Waals surface area contributed by atoms with Crippen LogP contribution in [0.15, 0.2) is 42.5 Å². The molecular weight excluding hydrogens is 439 g/mol. The van der Waals surface area contributed by atoms with E-state index < -0.39 is 29.9 Å². The molecule has 33 heavy (non-hydrogen) atoms. The summed E-state index contributed by atoms with van der Waals surface area (Å²) in [5, 5.41) is 16.4. The van der Waals surface area contributed by atoms with Crippen molar-refractivity contribution in [1.82, 2.24) is 10.2 Å². The number of carbonyl (C=O) groups excluding carboxylic acids is 1. The number of halogens is 3. The van der Waals surface area contributed by atoms with Gasteiger partial charge in [-0.1, -0.05) is 6.07 Å². The highest BCUT2D eigenvalue weighted by Crippen LogP contribution is 2.34. The third-order valence-corrected chi connectivity index (χ3v) is 5.73. The molecule has 1 fully saturated rings. The number of nitrogens with one attached hydrogen (secondary N) is 2. The highest BCUT2D eigenvalue weighted by atomic mass is 19.4. The molecular formula is C23H26F3N3O4. The van der Waals surface area contributed by atoms with Gasteiger partial charge in [0.25, 0.3) is 0 Å². The van der Waals surface area contributed by atoms with Crippen molar-refractivity contribution in [3.05, 3.63) is 53.6 Å². The summed E-state index contributed by atoms with van der Waals surface area (Å²) >= 11 is 0. The van der Waals surface area contributed by atoms with Crippen LogP contribution >= 0.6 is 0 Å². The summed E-state index contributed by atoms with van der Waals surface area (Å²) in [6.45, 7) is 3.03. The number of benzene rings is 2. The van der Waals surface area contributed by atoms with Crippen LogP contribution in [0.25, 0.3) is 0 Å². The number of ether oxygens (including phenoxy) is 2. The van der Waals surface area contributed by atoms with Crippen LogP contribution in [0.5, 0.6) is 11.5 Å². The van der Waals surface area contributed by atoms with Gasteiger partial charge < -0.3 is 30.1 Å². The fourth-order valence-corrected chi connectivity index (χ4v) is 4.02. The average molecular weight is 465 g/mol. The van der Waals surface area contributed by atoms with Crippen molar-refractivity contribution in [2.24, 2.45) is 0 Å². The van der Waals surface area contributed by atoms with Crippen LogP contribution in [0.2, 0.25) is 0 Å². The monoisotopic (exact) mass is 465 g/mol. The molecule has 2 atom stereocenters. The van der Waals surface area contributed by atoms with Crippen molar-refractivity contribution < 1.29 is 32.5 Å². The van der Waals surface area contributed by atoms with Crippen molar-refractivity contribution in [2.75, 3.05) is 38.2 Å². The second-order valence-electron chi connectivity index (χ2n) is 8.14. The second-order valence-corrected chi connectivity index (χ2v) is 8.14. The molecule has 0 spiro atoms. The molecule has 0 aliphatic carbocycles. The smallest absolute Gasteiger partial charge is 0.416 e. The Morgan fingerprint density at radius 1 is 1.03 bits per heavy atom. The normalized spacial score (nSPS) is 17.9. The second kappa shape index (κ2) is 9.88. The quantitative estimate of drug-likeness (QED) is 0.605. The van der Waals surface area contributed by atoms with E-state index in [0.29, 0.717) is 36.8 Å². The Morgan fingerprint density at radius 2 is 1.70 bits per heavy atom. The van der Waals surface area contributed by atoms with E-state index in [2.05, 4.69) is 15.5 Å². The topological polar surface area (TPSA) is 83.1 Å². The number of nitrogens with zero attached hydrogens (tertiary/aromatic N) is 1. The van der Waals surface area contributed by atoms with Crippen molar-refractivity contribution >= 4 is 11.7 Å². The van der Waals surface area contributed by atoms with Gasteiger partial charge >= 0.3 is 12.2 Å². The molecule has 0 aromatic heterocycles. The number of rotatable bonds is 6. The van der Waals surface area contributed by atoms with Crippen LogP contribution in [0.3, 0.4) is 0 Å². The third kappa shape index (κ3) is 5.88. The molecule has 0 bridgehead atoms. The summed E-state index contributed by atoms with van der Waals surface area (Å²) in [6.07, 6.45) is -3.38. The van der Waals surface area contributed by atoms with Crippen molar-refractivity contribution in [3.8, 4) is 11.5 Å². The molecule has 4 rings (SSSR count). The largest absolute Gasteiger partial charge is 0.486 e. The number of urea groups is 1. The first-order chi connectivity index (χ1) is 15.8. The van der Waals surface area contributed by atoms with E-state index in [0.717, 1.165) is 38.1 Å². The summed E-state index contributed by atoms with van der Waals surface area (Å²) in [5.41, 5.74) is -0.0121. The van der Waals surface area contributed by atoms with Gasteiger partial charge in [-0.3, -0.25) is 0 Å². The molecule has 2 aromatic carbocycles. The lowest BCUT2D eigenvalue weighted by atomic mass is 10.0. The average Bonchev–Trinajstić information content (AvgIpc) is 3.31. The summed E-state index contributed by atoms with van der Waals surface area (Å²) < 4.78 is 49.4. The van der Waals surface area contributed by atoms with Crippen LogP contribution in [0.4, 0.5) is 23.7 Å². The molecule has 3 N–H and O–H groups in total. The van der Waals surface area contributed by atoms with Crippen molar-refractivity contribution in [3.63, 3.8) is 0 Å². The van der Waals surface area contributed by atoms with E-state index in [1.165, 1.54) is 12.1 Å². The molecule has 2 aromatic rings. The van der Waals surface area contributed by atoms with Gasteiger partial charge in [0, 0.05) is 12.2 Å². The predicted molar refractivity (Wildman–Crippen MR) is 115 cm³/mol. The maximum absolute atomic E-state index is 12.8. The van der Waals surface area contributed by atoms with Gasteiger partial charge in [-0.15, -0.1) is 0 Å². The third-order valence-electron chi connectivity index (χ3n) is 5.73. The van der Waals surface area contributed by atoms with E-state index in [4.69, 9.17) is 9.47 Å². The predicted octanol–water partition coefficient (Wildman–Crippen LogP) is 3.80. The minimum Gasteiger partial charge on any atom is -0.486 e. The molecule has 178 valence electrons. The van der Waals surface area contributed by atoms with Gasteiger partial charge in [-0.05, 0) is 67.9 Å². The van der Waals surface area contributed by atoms with Crippen LogP contribution in [-0.2, 0) is 6.18 Å². The summed E-state index contributed by atoms with van der Waals surface area (Å²) in [5.74, 6) is 1.13. The number of alkyl halides is 3. The maximum atomic E-state index is 12.8. The van der Waals surface area contributed by atoms with Gasteiger partial charge in [0.05, 0.1) is 11.6 Å². The number of likely N-dealkylation sites (tertiary alicyclic amines) is 1. The van der Waals surface area contributed by atoms with Crippen molar-refractivity contribution in [2.45, 2.75) is 31.2 Å². The lowest BCUT2D eigenvalue weighted by Crippen LogP contribution is -2.48. The first-order valence-corrected chi connectivity index (χ1v) is 10.8. The Hall–Kier alpha value is -2.98. The highest BCUT2D eigenvalue weighted by Gasteiger charge is 2.30. The standard InChI is InChI=1S/C23H26F3N3O4/c24-23(25,26)16-4-6-17(7-5-16)27-22(31)28-18(14-29-9-1-2-10-29)21(30)15-3-8-19-20(13-15)33-12-11-32-19/h3-8,13,18,21,30H,1-2,9-12,14H2,(H2,27,28,31). The van der Waals surface area contributed by atoms with Gasteiger partial charge in [0.2, 0.25) is 0 Å². The fourth-order valence-electron chi connectivity index (χ4n) is 4.02. The molecule has 0 saturated carbocycles. The van der Waals surface area contributed by atoms with Crippen LogP contribution in [-0.4, -0.2) is 54.9 Å². The lowest BCUT2D eigenvalue weighted by molar-refractivity contribution is -0.137. The first kappa shape index (κ1) is 23.2. The Balaban J connectivity index is 1.46. The molecule has 7 nitrogen and oxygen atoms in total. The van der Waals surface area contributed by atoms with Crippen LogP contribution in [0.1, 0.15) is 30.1 Å². The number of amides is 2. The highest BCUT2D eigenvalue weighted by molar-refractivity contribution is 5.89. The molecule has 0 radical (unpaired) electrons. The van der Waals surface area contributed by atoms with Crippen molar-refractivity contribution in [1.29, 1.82) is 0 Å². The lowest BCUT2D eigenvalue weighted by Gasteiger charge is -2.29. The van der Waals surface area contributed by atoms with E-state index in [9.17, 15) is 23.1 Å². The molecule has 2 amide bonds. The molecule has 2 unspecified atom stereocenters. The minimum atomic E-state index is -4.45. The molecule has 2 aliphatic rings. The zero-order valence-electron chi connectivity index (χ0n) is 17.9. The molecule has 2 heterocycles. The maximum Gasteiger partial charge on any atom is 0.416 e. The number of fused-ring (bicyclic) bond motifs is 1. The van der Waals surface area contributed by atoms with Gasteiger partial charge in [-0.25, -0.2) is 4.79 Å². The van der Waals surface area contributed by atoms with E-state index in [1.807, 2.05) is 0 Å². The Kier molecular flexibility index (Phi) is 6.94. The summed E-state index contributed by atoms with van der Waals surface area (Å²) in [4.78, 5) is 14.8. The fraction of sp³-hybridized carbons (Fsp3) is 0.435. The SMILES string of the molecule is O=C(Nc1ccc(C(F)(F)F)cc1)NC(CN1CCCC1)C(O)c1ccc2c(c1)OCCO2. The van der Waals surface area contributed by atoms with E-state index in [-0.39, 0.29) is 5.69 Å². The Bertz CT molecular complexity index is 962. The number of aliphatic hydroxyl groups excluding tert-OH is 1. The number of hydrogen-bond acceptors (Lipinski definition) is 5. The Morgan fingerprint density at radius 3 is 2.36 bits per heavy atom. The number of aliphatic hydroxyl groups is 1. The molecule has 2 aliphatic heterocycles. The number of anilines is 1. The van der Waals surface area contributed by atoms with Gasteiger partial charge in [0.15, 0.2) is 11.5 Å². The van der Waals surface area contributed by atoms with Crippen LogP contribution < -0.4 is 20.1 Å². The van der Waals surface area contributed by atoms with E-state index >= 15 is 0 Å². The Labute approximate surface area is 189 Å². The summed E-state index contributed by atoms with van der Waals surface area (Å²) in [7, 11) is 0. The van der Waals surface area contributed by atoms with Gasteiger partial charge in [0.1, 0.15) is 19.3 Å². The van der Waals surface area contributed by atoms with Gasteiger partial charge in [-0.2, -0.15) is 13.2 Å².